The highest BCUT2D eigenvalue weighted by Gasteiger charge is 2.35. The molecule has 0 radical (unpaired) electrons. The number of nitrogens with one attached hydrogen (secondary N) is 1. The van der Waals surface area contributed by atoms with Gasteiger partial charge in [-0.05, 0) is 22.3 Å². The number of hydrogen-bond acceptors (Lipinski definition) is 5. The Balaban J connectivity index is 1.47. The maximum atomic E-state index is 12.0. The Morgan fingerprint density at radius 3 is 2.20 bits per heavy atom. The minimum absolute atomic E-state index is 0.0599. The number of benzene rings is 2. The van der Waals surface area contributed by atoms with Crippen LogP contribution >= 0.6 is 0 Å². The molecule has 126 valence electrons. The number of rotatable bonds is 3. The van der Waals surface area contributed by atoms with Gasteiger partial charge >= 0.3 is 18.0 Å². The summed E-state index contributed by atoms with van der Waals surface area (Å²) < 4.78 is 9.71. The zero-order valence-electron chi connectivity index (χ0n) is 13.2. The molecule has 0 bridgehead atoms. The quantitative estimate of drug-likeness (QED) is 0.687. The predicted octanol–water partition coefficient (Wildman–Crippen LogP) is 2.37. The van der Waals surface area contributed by atoms with Gasteiger partial charge < -0.3 is 14.8 Å². The number of alkyl carbamates (subject to hydrolysis) is 1. The highest BCUT2D eigenvalue weighted by atomic mass is 16.6. The molecular weight excluding hydrogens is 322 g/mol. The fourth-order valence-electron chi connectivity index (χ4n) is 3.37. The van der Waals surface area contributed by atoms with Gasteiger partial charge in [-0.2, -0.15) is 0 Å². The third kappa shape index (κ3) is 2.76. The van der Waals surface area contributed by atoms with Crippen LogP contribution in [-0.4, -0.2) is 30.7 Å². The average Bonchev–Trinajstić information content (AvgIpc) is 3.10. The summed E-state index contributed by atoms with van der Waals surface area (Å²) in [6.45, 7) is 0.148. The zero-order chi connectivity index (χ0) is 17.4. The standard InChI is InChI=1S/C19H15NO5/c21-17-9-16(18(22)25-17)20-19(23)24-10-15-13-7-3-1-5-11(13)12-6-2-4-8-14(12)15/h1-8,15-16H,9-10H2,(H,20,23)/t16-/m0/s1. The number of carbonyl (C=O) groups excluding carboxylic acids is 3. The van der Waals surface area contributed by atoms with Crippen LogP contribution < -0.4 is 5.32 Å². The molecule has 0 aromatic heterocycles. The van der Waals surface area contributed by atoms with Crippen LogP contribution in [0.1, 0.15) is 23.5 Å². The van der Waals surface area contributed by atoms with Gasteiger partial charge in [-0.25, -0.2) is 9.59 Å². The van der Waals surface area contributed by atoms with E-state index >= 15 is 0 Å². The van der Waals surface area contributed by atoms with Crippen molar-refractivity contribution in [3.8, 4) is 11.1 Å². The highest BCUT2D eigenvalue weighted by molar-refractivity contribution is 5.98. The lowest BCUT2D eigenvalue weighted by Crippen LogP contribution is -2.38. The van der Waals surface area contributed by atoms with E-state index in [2.05, 4.69) is 10.1 Å². The van der Waals surface area contributed by atoms with Crippen molar-refractivity contribution in [1.82, 2.24) is 5.32 Å². The molecule has 1 aliphatic carbocycles. The zero-order valence-corrected chi connectivity index (χ0v) is 13.2. The smallest absolute Gasteiger partial charge is 0.407 e. The number of fused-ring (bicyclic) bond motifs is 3. The molecule has 2 aromatic rings. The van der Waals surface area contributed by atoms with Crippen LogP contribution in [0, 0.1) is 0 Å². The van der Waals surface area contributed by atoms with Crippen molar-refractivity contribution in [2.45, 2.75) is 18.4 Å². The van der Waals surface area contributed by atoms with Crippen molar-refractivity contribution in [2.24, 2.45) is 0 Å². The third-order valence-corrected chi connectivity index (χ3v) is 4.51. The van der Waals surface area contributed by atoms with Gasteiger partial charge in [-0.1, -0.05) is 48.5 Å². The first kappa shape index (κ1) is 15.4. The van der Waals surface area contributed by atoms with Gasteiger partial charge in [0, 0.05) is 5.92 Å². The monoisotopic (exact) mass is 337 g/mol. The summed E-state index contributed by atoms with van der Waals surface area (Å²) in [5.74, 6) is -1.46. The minimum atomic E-state index is -0.969. The molecule has 25 heavy (non-hydrogen) atoms. The fraction of sp³-hybridized carbons (Fsp3) is 0.211. The van der Waals surface area contributed by atoms with Gasteiger partial charge in [0.15, 0.2) is 0 Å². The molecule has 2 aliphatic rings. The van der Waals surface area contributed by atoms with E-state index in [1.54, 1.807) is 0 Å². The first-order chi connectivity index (χ1) is 12.1. The Labute approximate surface area is 143 Å². The molecule has 1 atom stereocenters. The summed E-state index contributed by atoms with van der Waals surface area (Å²) in [5, 5.41) is 2.37. The van der Waals surface area contributed by atoms with E-state index in [9.17, 15) is 14.4 Å². The molecule has 1 heterocycles. The molecule has 1 N–H and O–H groups in total. The van der Waals surface area contributed by atoms with Crippen LogP contribution in [0.3, 0.4) is 0 Å². The van der Waals surface area contributed by atoms with E-state index in [0.717, 1.165) is 22.3 Å². The highest BCUT2D eigenvalue weighted by Crippen LogP contribution is 2.44. The molecule has 6 nitrogen and oxygen atoms in total. The molecule has 6 heteroatoms. The van der Waals surface area contributed by atoms with Crippen LogP contribution in [0.5, 0.6) is 0 Å². The van der Waals surface area contributed by atoms with E-state index in [-0.39, 0.29) is 18.9 Å². The summed E-state index contributed by atoms with van der Waals surface area (Å²) in [5.41, 5.74) is 4.48. The van der Waals surface area contributed by atoms with Crippen LogP contribution in [0.15, 0.2) is 48.5 Å². The van der Waals surface area contributed by atoms with Crippen molar-refractivity contribution >= 4 is 18.0 Å². The van der Waals surface area contributed by atoms with Crippen LogP contribution in [0.2, 0.25) is 0 Å². The van der Waals surface area contributed by atoms with Crippen molar-refractivity contribution in [3.05, 3.63) is 59.7 Å². The van der Waals surface area contributed by atoms with Crippen LogP contribution in [0.25, 0.3) is 11.1 Å². The first-order valence-corrected chi connectivity index (χ1v) is 7.99. The minimum Gasteiger partial charge on any atom is -0.449 e. The number of cyclic esters (lactones) is 2. The van der Waals surface area contributed by atoms with Gasteiger partial charge in [-0.15, -0.1) is 0 Å². The van der Waals surface area contributed by atoms with Crippen molar-refractivity contribution in [1.29, 1.82) is 0 Å². The Morgan fingerprint density at radius 2 is 1.64 bits per heavy atom. The van der Waals surface area contributed by atoms with Crippen LogP contribution in [-0.2, 0) is 19.1 Å². The van der Waals surface area contributed by atoms with E-state index in [1.807, 2.05) is 48.5 Å². The fourth-order valence-corrected chi connectivity index (χ4v) is 3.37. The van der Waals surface area contributed by atoms with E-state index in [0.29, 0.717) is 0 Å². The van der Waals surface area contributed by atoms with Gasteiger partial charge in [0.05, 0.1) is 6.42 Å². The molecule has 0 unspecified atom stereocenters. The molecular formula is C19H15NO5. The Kier molecular flexibility index (Phi) is 3.72. The number of carbonyl (C=O) groups is 3. The summed E-state index contributed by atoms with van der Waals surface area (Å²) >= 11 is 0. The average molecular weight is 337 g/mol. The molecule has 0 saturated carbocycles. The van der Waals surface area contributed by atoms with Crippen molar-refractivity contribution in [3.63, 3.8) is 0 Å². The van der Waals surface area contributed by atoms with Crippen molar-refractivity contribution in [2.75, 3.05) is 6.61 Å². The summed E-state index contributed by atoms with van der Waals surface area (Å²) in [6.07, 6.45) is -0.901. The van der Waals surface area contributed by atoms with Crippen molar-refractivity contribution < 1.29 is 23.9 Å². The maximum absolute atomic E-state index is 12.0. The third-order valence-electron chi connectivity index (χ3n) is 4.51. The molecule has 4 rings (SSSR count). The van der Waals surface area contributed by atoms with E-state index in [1.165, 1.54) is 0 Å². The number of ether oxygens (including phenoxy) is 2. The lowest BCUT2D eigenvalue weighted by molar-refractivity contribution is -0.152. The summed E-state index contributed by atoms with van der Waals surface area (Å²) in [4.78, 5) is 34.4. The Hall–Kier alpha value is -3.15. The predicted molar refractivity (Wildman–Crippen MR) is 87.7 cm³/mol. The van der Waals surface area contributed by atoms with Gasteiger partial charge in [0.25, 0.3) is 0 Å². The topological polar surface area (TPSA) is 81.7 Å². The van der Waals surface area contributed by atoms with Gasteiger partial charge in [0.2, 0.25) is 0 Å². The molecule has 1 fully saturated rings. The molecule has 1 amide bonds. The van der Waals surface area contributed by atoms with Gasteiger partial charge in [0.1, 0.15) is 12.6 Å². The van der Waals surface area contributed by atoms with E-state index < -0.39 is 24.1 Å². The second-order valence-corrected chi connectivity index (χ2v) is 6.02. The Bertz CT molecular complexity index is 830. The maximum Gasteiger partial charge on any atom is 0.407 e. The SMILES string of the molecule is O=C1C[C@H](NC(=O)OCC2c3ccccc3-c3ccccc32)C(=O)O1. The normalized spacial score (nSPS) is 18.5. The van der Waals surface area contributed by atoms with Crippen LogP contribution in [0.4, 0.5) is 4.79 Å². The lowest BCUT2D eigenvalue weighted by Gasteiger charge is -2.15. The number of amides is 1. The number of esters is 2. The molecule has 0 spiro atoms. The second-order valence-electron chi connectivity index (χ2n) is 6.02. The lowest BCUT2D eigenvalue weighted by atomic mass is 9.98. The summed E-state index contributed by atoms with van der Waals surface area (Å²) in [6, 6.07) is 15.0. The largest absolute Gasteiger partial charge is 0.449 e. The van der Waals surface area contributed by atoms with E-state index in [4.69, 9.17) is 4.74 Å². The first-order valence-electron chi connectivity index (χ1n) is 7.99. The number of hydrogen-bond donors (Lipinski definition) is 1. The Morgan fingerprint density at radius 1 is 1.04 bits per heavy atom. The molecule has 1 saturated heterocycles. The second kappa shape index (κ2) is 6.05. The summed E-state index contributed by atoms with van der Waals surface area (Å²) in [7, 11) is 0. The molecule has 2 aromatic carbocycles. The molecule has 1 aliphatic heterocycles. The van der Waals surface area contributed by atoms with Gasteiger partial charge in [-0.3, -0.25) is 4.79 Å².